The first-order chi connectivity index (χ1) is 5.88. The van der Waals surface area contributed by atoms with Gasteiger partial charge in [0.15, 0.2) is 0 Å². The Morgan fingerprint density at radius 1 is 1.58 bits per heavy atom. The van der Waals surface area contributed by atoms with E-state index in [0.29, 0.717) is 0 Å². The molecule has 1 aliphatic rings. The molecule has 1 N–H and O–H groups in total. The molecule has 12 heavy (non-hydrogen) atoms. The third kappa shape index (κ3) is 2.02. The number of nitrogens with one attached hydrogen (secondary N) is 1. The Kier molecular flexibility index (Phi) is 3.19. The van der Waals surface area contributed by atoms with Crippen LogP contribution in [0.3, 0.4) is 0 Å². The minimum absolute atomic E-state index is 0.224. The van der Waals surface area contributed by atoms with Gasteiger partial charge in [-0.3, -0.25) is 10.3 Å². The van der Waals surface area contributed by atoms with Crippen LogP contribution in [0.2, 0.25) is 0 Å². The molecule has 0 saturated carbocycles. The second-order valence-corrected chi connectivity index (χ2v) is 2.52. The van der Waals surface area contributed by atoms with Crippen molar-refractivity contribution in [2.75, 3.05) is 6.61 Å². The number of hydrogen-bond acceptors (Lipinski definition) is 3. The molecule has 1 rings (SSSR count). The van der Waals surface area contributed by atoms with E-state index in [-0.39, 0.29) is 6.61 Å². The lowest BCUT2D eigenvalue weighted by Crippen LogP contribution is -2.13. The maximum Gasteiger partial charge on any atom is 0.135 e. The summed E-state index contributed by atoms with van der Waals surface area (Å²) in [5, 5.41) is 8.65. The number of hydrogen-bond donors (Lipinski definition) is 1. The van der Waals surface area contributed by atoms with Crippen molar-refractivity contribution in [1.29, 1.82) is 5.26 Å². The number of terminal acetylenes is 1. The summed E-state index contributed by atoms with van der Waals surface area (Å²) in [4.78, 5) is 4.90. The SMILES string of the molecule is C#CCONC1=C(C#N)CCC1. The van der Waals surface area contributed by atoms with Crippen molar-refractivity contribution in [1.82, 2.24) is 5.48 Å². The van der Waals surface area contributed by atoms with Crippen LogP contribution in [-0.4, -0.2) is 6.61 Å². The van der Waals surface area contributed by atoms with E-state index in [0.717, 1.165) is 30.5 Å². The third-order valence-corrected chi connectivity index (χ3v) is 1.70. The number of nitriles is 1. The molecule has 0 radical (unpaired) electrons. The highest BCUT2D eigenvalue weighted by molar-refractivity contribution is 5.29. The Morgan fingerprint density at radius 2 is 2.42 bits per heavy atom. The molecule has 0 unspecified atom stereocenters. The molecule has 0 spiro atoms. The van der Waals surface area contributed by atoms with Crippen molar-refractivity contribution in [2.24, 2.45) is 0 Å². The van der Waals surface area contributed by atoms with E-state index < -0.39 is 0 Å². The van der Waals surface area contributed by atoms with E-state index in [1.54, 1.807) is 0 Å². The Morgan fingerprint density at radius 3 is 3.08 bits per heavy atom. The van der Waals surface area contributed by atoms with Gasteiger partial charge in [-0.25, -0.2) is 0 Å². The molecule has 0 aromatic rings. The monoisotopic (exact) mass is 162 g/mol. The van der Waals surface area contributed by atoms with Crippen LogP contribution >= 0.6 is 0 Å². The van der Waals surface area contributed by atoms with E-state index in [9.17, 15) is 0 Å². The highest BCUT2D eigenvalue weighted by Gasteiger charge is 2.13. The van der Waals surface area contributed by atoms with Crippen molar-refractivity contribution in [3.8, 4) is 18.4 Å². The van der Waals surface area contributed by atoms with Crippen LogP contribution in [0.25, 0.3) is 0 Å². The Balaban J connectivity index is 2.41. The summed E-state index contributed by atoms with van der Waals surface area (Å²) in [5.74, 6) is 2.33. The van der Waals surface area contributed by atoms with E-state index in [2.05, 4.69) is 17.5 Å². The van der Waals surface area contributed by atoms with E-state index in [1.165, 1.54) is 0 Å². The average Bonchev–Trinajstić information content (AvgIpc) is 2.52. The Hall–Kier alpha value is -1.45. The molecule has 0 saturated heterocycles. The van der Waals surface area contributed by atoms with Crippen LogP contribution in [0.4, 0.5) is 0 Å². The Labute approximate surface area is 72.0 Å². The maximum atomic E-state index is 8.65. The zero-order valence-corrected chi connectivity index (χ0v) is 6.76. The molecule has 1 aliphatic carbocycles. The molecule has 0 amide bonds. The topological polar surface area (TPSA) is 45.0 Å². The summed E-state index contributed by atoms with van der Waals surface area (Å²) in [6, 6.07) is 2.13. The lowest BCUT2D eigenvalue weighted by molar-refractivity contribution is 0.0881. The van der Waals surface area contributed by atoms with Crippen LogP contribution < -0.4 is 5.48 Å². The van der Waals surface area contributed by atoms with Gasteiger partial charge in [0.25, 0.3) is 0 Å². The van der Waals surface area contributed by atoms with Gasteiger partial charge < -0.3 is 0 Å². The standard InChI is InChI=1S/C9H10N2O/c1-2-6-12-11-9-5-3-4-8(9)7-10/h1,11H,3-6H2. The van der Waals surface area contributed by atoms with Gasteiger partial charge >= 0.3 is 0 Å². The Bertz CT molecular complexity index is 267. The maximum absolute atomic E-state index is 8.65. The van der Waals surface area contributed by atoms with Crippen LogP contribution in [0.15, 0.2) is 11.3 Å². The van der Waals surface area contributed by atoms with Crippen molar-refractivity contribution < 1.29 is 4.84 Å². The fourth-order valence-electron chi connectivity index (χ4n) is 1.14. The highest BCUT2D eigenvalue weighted by Crippen LogP contribution is 2.22. The molecule has 0 aromatic heterocycles. The lowest BCUT2D eigenvalue weighted by atomic mass is 10.2. The minimum atomic E-state index is 0.224. The van der Waals surface area contributed by atoms with Crippen LogP contribution in [0, 0.1) is 23.7 Å². The minimum Gasteiger partial charge on any atom is -0.269 e. The van der Waals surface area contributed by atoms with Crippen molar-refractivity contribution in [2.45, 2.75) is 19.3 Å². The van der Waals surface area contributed by atoms with Gasteiger partial charge in [-0.1, -0.05) is 5.92 Å². The van der Waals surface area contributed by atoms with Gasteiger partial charge in [-0.05, 0) is 19.3 Å². The molecule has 0 bridgehead atoms. The second kappa shape index (κ2) is 4.43. The van der Waals surface area contributed by atoms with Crippen LogP contribution in [0.1, 0.15) is 19.3 Å². The summed E-state index contributed by atoms with van der Waals surface area (Å²) in [6.45, 7) is 0.224. The summed E-state index contributed by atoms with van der Waals surface area (Å²) in [7, 11) is 0. The molecule has 0 aliphatic heterocycles. The first-order valence-electron chi connectivity index (χ1n) is 3.82. The van der Waals surface area contributed by atoms with E-state index in [4.69, 9.17) is 16.5 Å². The highest BCUT2D eigenvalue weighted by atomic mass is 16.6. The first-order valence-corrected chi connectivity index (χ1v) is 3.82. The molecule has 0 atom stereocenters. The third-order valence-electron chi connectivity index (χ3n) is 1.70. The van der Waals surface area contributed by atoms with Crippen molar-refractivity contribution in [3.05, 3.63) is 11.3 Å². The quantitative estimate of drug-likeness (QED) is 0.384. The predicted octanol–water partition coefficient (Wildman–Crippen LogP) is 1.10. The molecule has 0 fully saturated rings. The molecule has 62 valence electrons. The predicted molar refractivity (Wildman–Crippen MR) is 44.4 cm³/mol. The summed E-state index contributed by atoms with van der Waals surface area (Å²) in [5.41, 5.74) is 4.36. The fourth-order valence-corrected chi connectivity index (χ4v) is 1.14. The zero-order valence-electron chi connectivity index (χ0n) is 6.76. The van der Waals surface area contributed by atoms with Gasteiger partial charge in [0.2, 0.25) is 0 Å². The smallest absolute Gasteiger partial charge is 0.135 e. The average molecular weight is 162 g/mol. The van der Waals surface area contributed by atoms with E-state index >= 15 is 0 Å². The normalized spacial score (nSPS) is 15.5. The van der Waals surface area contributed by atoms with Crippen LogP contribution in [0.5, 0.6) is 0 Å². The van der Waals surface area contributed by atoms with Gasteiger partial charge in [-0.15, -0.1) is 6.42 Å². The van der Waals surface area contributed by atoms with E-state index in [1.807, 2.05) is 0 Å². The van der Waals surface area contributed by atoms with Gasteiger partial charge in [0.1, 0.15) is 6.61 Å². The number of hydroxylamine groups is 1. The molecular weight excluding hydrogens is 152 g/mol. The molecule has 3 nitrogen and oxygen atoms in total. The van der Waals surface area contributed by atoms with Gasteiger partial charge in [-0.2, -0.15) is 5.26 Å². The van der Waals surface area contributed by atoms with Gasteiger partial charge in [0.05, 0.1) is 17.3 Å². The molecule has 0 heterocycles. The first kappa shape index (κ1) is 8.64. The molecular formula is C9H10N2O. The van der Waals surface area contributed by atoms with Crippen molar-refractivity contribution in [3.63, 3.8) is 0 Å². The lowest BCUT2D eigenvalue weighted by Gasteiger charge is -2.04. The molecule has 3 heteroatoms. The number of nitrogens with zero attached hydrogens (tertiary/aromatic N) is 1. The largest absolute Gasteiger partial charge is 0.269 e. The van der Waals surface area contributed by atoms with Crippen LogP contribution in [-0.2, 0) is 4.84 Å². The summed E-state index contributed by atoms with van der Waals surface area (Å²) in [6.07, 6.45) is 7.73. The molecule has 0 aromatic carbocycles. The zero-order chi connectivity index (χ0) is 8.81. The number of rotatable bonds is 3. The summed E-state index contributed by atoms with van der Waals surface area (Å²) < 4.78 is 0. The fraction of sp³-hybridized carbons (Fsp3) is 0.444. The van der Waals surface area contributed by atoms with Crippen molar-refractivity contribution >= 4 is 0 Å². The summed E-state index contributed by atoms with van der Waals surface area (Å²) >= 11 is 0. The number of allylic oxidation sites excluding steroid dienone is 2. The van der Waals surface area contributed by atoms with Gasteiger partial charge in [0, 0.05) is 0 Å². The second-order valence-electron chi connectivity index (χ2n) is 2.52.